The lowest BCUT2D eigenvalue weighted by Gasteiger charge is -2.09. The van der Waals surface area contributed by atoms with E-state index >= 15 is 0 Å². The molecule has 17 heavy (non-hydrogen) atoms. The molecule has 0 atom stereocenters. The Balaban J connectivity index is 2.95. The van der Waals surface area contributed by atoms with Crippen LogP contribution in [-0.2, 0) is 4.74 Å². The number of methoxy groups -OCH3 is 1. The van der Waals surface area contributed by atoms with Crippen LogP contribution in [0.5, 0.6) is 0 Å². The summed E-state index contributed by atoms with van der Waals surface area (Å²) >= 11 is 0. The van der Waals surface area contributed by atoms with Gasteiger partial charge in [-0.25, -0.2) is 10.2 Å². The van der Waals surface area contributed by atoms with Gasteiger partial charge in [-0.2, -0.15) is 4.86 Å². The fraction of sp³-hybridized carbons (Fsp3) is 0.300. The number of benzene rings is 1. The number of rotatable bonds is 4. The highest BCUT2D eigenvalue weighted by Gasteiger charge is 2.15. The molecule has 1 aromatic rings. The summed E-state index contributed by atoms with van der Waals surface area (Å²) in [5.74, 6) is -0.456. The number of carbonyl (C=O) groups excluding carboxylic acids is 1. The van der Waals surface area contributed by atoms with Gasteiger partial charge in [-0.05, 0) is 18.6 Å². The van der Waals surface area contributed by atoms with E-state index in [4.69, 9.17) is 0 Å². The monoisotopic (exact) mass is 238 g/mol. The molecule has 0 aliphatic carbocycles. The number of nitrogens with one attached hydrogen (secondary N) is 2. The van der Waals surface area contributed by atoms with E-state index in [1.807, 2.05) is 0 Å². The van der Waals surface area contributed by atoms with Gasteiger partial charge in [0.25, 0.3) is 0 Å². The fourth-order valence-corrected chi connectivity index (χ4v) is 1.30. The summed E-state index contributed by atoms with van der Waals surface area (Å²) in [6.45, 7) is 1.79. The van der Waals surface area contributed by atoms with Gasteiger partial charge in [-0.15, -0.1) is 0 Å². The summed E-state index contributed by atoms with van der Waals surface area (Å²) in [4.78, 5) is 11.9. The minimum absolute atomic E-state index is 0.348. The van der Waals surface area contributed by atoms with Crippen LogP contribution in [0.25, 0.3) is 0 Å². The highest BCUT2D eigenvalue weighted by atomic mass is 16.5. The Bertz CT molecular complexity index is 441. The summed E-state index contributed by atoms with van der Waals surface area (Å²) < 4.78 is 4.68. The van der Waals surface area contributed by atoms with Gasteiger partial charge < -0.3 is 9.94 Å². The molecule has 92 valence electrons. The van der Waals surface area contributed by atoms with E-state index in [0.29, 0.717) is 16.1 Å². The molecule has 7 heteroatoms. The predicted molar refractivity (Wildman–Crippen MR) is 61.3 cm³/mol. The number of aryl methyl sites for hydroxylation is 1. The number of anilines is 1. The molecule has 0 saturated carbocycles. The third kappa shape index (κ3) is 3.33. The van der Waals surface area contributed by atoms with E-state index in [9.17, 15) is 10.0 Å². The number of hydrogen-bond acceptors (Lipinski definition) is 5. The minimum atomic E-state index is -0.456. The first-order chi connectivity index (χ1) is 8.06. The van der Waals surface area contributed by atoms with Gasteiger partial charge in [-0.3, -0.25) is 0 Å². The lowest BCUT2D eigenvalue weighted by atomic mass is 10.1. The van der Waals surface area contributed by atoms with E-state index in [-0.39, 0.29) is 0 Å². The minimum Gasteiger partial charge on any atom is -0.696 e. The molecule has 1 aromatic carbocycles. The van der Waals surface area contributed by atoms with Crippen molar-refractivity contribution in [3.05, 3.63) is 34.5 Å². The largest absolute Gasteiger partial charge is 0.696 e. The third-order valence-electron chi connectivity index (χ3n) is 2.04. The summed E-state index contributed by atoms with van der Waals surface area (Å²) in [5, 5.41) is 13.9. The van der Waals surface area contributed by atoms with Gasteiger partial charge in [0.05, 0.1) is 18.4 Å². The molecule has 0 bridgehead atoms. The Hall–Kier alpha value is -2.31. The molecule has 0 heterocycles. The number of hydrogen-bond donors (Lipinski definition) is 2. The van der Waals surface area contributed by atoms with Crippen LogP contribution in [0.2, 0.25) is 0 Å². The number of hydrazine groups is 1. The summed E-state index contributed by atoms with van der Waals surface area (Å²) in [5.41, 5.74) is 6.62. The SMILES string of the molecule is COC(=O)c1c(C)cccc1NNN=[N+](C)[O-]. The van der Waals surface area contributed by atoms with Crippen molar-refractivity contribution in [1.82, 2.24) is 5.53 Å². The molecule has 0 amide bonds. The Morgan fingerprint density at radius 2 is 2.24 bits per heavy atom. The quantitative estimate of drug-likeness (QED) is 0.356. The van der Waals surface area contributed by atoms with Gasteiger partial charge in [0.15, 0.2) is 0 Å². The van der Waals surface area contributed by atoms with Gasteiger partial charge in [0.1, 0.15) is 12.3 Å². The molecule has 0 aromatic heterocycles. The lowest BCUT2D eigenvalue weighted by molar-refractivity contribution is -0.504. The van der Waals surface area contributed by atoms with Crippen LogP contribution in [0.15, 0.2) is 23.4 Å². The molecule has 0 unspecified atom stereocenters. The third-order valence-corrected chi connectivity index (χ3v) is 2.04. The molecule has 0 aliphatic rings. The Morgan fingerprint density at radius 1 is 1.53 bits per heavy atom. The van der Waals surface area contributed by atoms with Crippen molar-refractivity contribution in [3.8, 4) is 0 Å². The average molecular weight is 238 g/mol. The van der Waals surface area contributed by atoms with Crippen LogP contribution in [0, 0.1) is 12.1 Å². The summed E-state index contributed by atoms with van der Waals surface area (Å²) in [6, 6.07) is 5.23. The van der Waals surface area contributed by atoms with Crippen LogP contribution in [-0.4, -0.2) is 25.0 Å². The molecule has 1 rings (SSSR count). The lowest BCUT2D eigenvalue weighted by Crippen LogP contribution is -2.20. The van der Waals surface area contributed by atoms with Crippen LogP contribution < -0.4 is 11.0 Å². The first-order valence-corrected chi connectivity index (χ1v) is 4.86. The summed E-state index contributed by atoms with van der Waals surface area (Å²) in [7, 11) is 2.54. The second-order valence-electron chi connectivity index (χ2n) is 3.29. The van der Waals surface area contributed by atoms with Crippen LogP contribution in [0.1, 0.15) is 15.9 Å². The highest BCUT2D eigenvalue weighted by Crippen LogP contribution is 2.19. The topological polar surface area (TPSA) is 88.8 Å². The van der Waals surface area contributed by atoms with Crippen molar-refractivity contribution in [2.45, 2.75) is 6.92 Å². The molecule has 0 aliphatic heterocycles. The molecule has 7 nitrogen and oxygen atoms in total. The molecular formula is C10H14N4O3. The zero-order chi connectivity index (χ0) is 12.8. The van der Waals surface area contributed by atoms with Crippen LogP contribution >= 0.6 is 0 Å². The Kier molecular flexibility index (Phi) is 4.27. The predicted octanol–water partition coefficient (Wildman–Crippen LogP) is 1.21. The van der Waals surface area contributed by atoms with Crippen LogP contribution in [0.3, 0.4) is 0 Å². The summed E-state index contributed by atoms with van der Waals surface area (Å²) in [6.07, 6.45) is 0. The normalized spacial score (nSPS) is 10.9. The van der Waals surface area contributed by atoms with Crippen molar-refractivity contribution < 1.29 is 14.4 Å². The zero-order valence-corrected chi connectivity index (χ0v) is 9.85. The zero-order valence-electron chi connectivity index (χ0n) is 9.85. The molecule has 0 saturated heterocycles. The Labute approximate surface area is 98.6 Å². The molecule has 0 spiro atoms. The first kappa shape index (κ1) is 12.8. The average Bonchev–Trinajstić information content (AvgIpc) is 2.28. The molecular weight excluding hydrogens is 224 g/mol. The van der Waals surface area contributed by atoms with Crippen molar-refractivity contribution in [3.63, 3.8) is 0 Å². The maximum Gasteiger partial charge on any atom is 0.340 e. The van der Waals surface area contributed by atoms with Crippen molar-refractivity contribution >= 4 is 11.7 Å². The van der Waals surface area contributed by atoms with Crippen LogP contribution in [0.4, 0.5) is 5.69 Å². The number of esters is 1. The maximum absolute atomic E-state index is 11.6. The van der Waals surface area contributed by atoms with E-state index in [1.54, 1.807) is 25.1 Å². The van der Waals surface area contributed by atoms with E-state index in [2.05, 4.69) is 20.9 Å². The smallest absolute Gasteiger partial charge is 0.340 e. The molecule has 0 radical (unpaired) electrons. The van der Waals surface area contributed by atoms with Gasteiger partial charge in [0.2, 0.25) is 0 Å². The fourth-order valence-electron chi connectivity index (χ4n) is 1.30. The van der Waals surface area contributed by atoms with Gasteiger partial charge >= 0.3 is 5.97 Å². The molecule has 2 N–H and O–H groups in total. The highest BCUT2D eigenvalue weighted by molar-refractivity contribution is 5.97. The number of hydroxylamine groups is 1. The van der Waals surface area contributed by atoms with Crippen molar-refractivity contribution in [2.24, 2.45) is 5.22 Å². The standard InChI is InChI=1S/C10H14N4O3/c1-7-5-4-6-8(9(7)10(15)17-3)11-12-13-14(2)16/h4-6,11-12H,1-3H3. The molecule has 0 fully saturated rings. The van der Waals surface area contributed by atoms with E-state index in [0.717, 1.165) is 5.56 Å². The van der Waals surface area contributed by atoms with Gasteiger partial charge in [0, 0.05) is 0 Å². The first-order valence-electron chi connectivity index (χ1n) is 4.86. The van der Waals surface area contributed by atoms with Gasteiger partial charge in [-0.1, -0.05) is 17.7 Å². The second kappa shape index (κ2) is 5.69. The van der Waals surface area contributed by atoms with E-state index in [1.165, 1.54) is 14.2 Å². The van der Waals surface area contributed by atoms with E-state index < -0.39 is 5.97 Å². The number of carbonyl (C=O) groups is 1. The number of ether oxygens (including phenoxy) is 1. The van der Waals surface area contributed by atoms with Crippen molar-refractivity contribution in [1.29, 1.82) is 0 Å². The van der Waals surface area contributed by atoms with Crippen molar-refractivity contribution in [2.75, 3.05) is 19.6 Å². The number of nitrogens with zero attached hydrogens (tertiary/aromatic N) is 2. The second-order valence-corrected chi connectivity index (χ2v) is 3.29. The Morgan fingerprint density at radius 3 is 2.82 bits per heavy atom. The maximum atomic E-state index is 11.6.